The summed E-state index contributed by atoms with van der Waals surface area (Å²) in [5.41, 5.74) is 0.614. The van der Waals surface area contributed by atoms with E-state index in [1.807, 2.05) is 0 Å². The van der Waals surface area contributed by atoms with Crippen molar-refractivity contribution in [3.63, 3.8) is 0 Å². The van der Waals surface area contributed by atoms with Crippen molar-refractivity contribution in [3.05, 3.63) is 23.8 Å². The van der Waals surface area contributed by atoms with Gasteiger partial charge in [-0.1, -0.05) is 12.1 Å². The predicted molar refractivity (Wildman–Crippen MR) is 77.4 cm³/mol. The lowest BCUT2D eigenvalue weighted by Crippen LogP contribution is -2.26. The number of hydrogen-bond acceptors (Lipinski definition) is 5. The van der Waals surface area contributed by atoms with Crippen molar-refractivity contribution in [1.29, 1.82) is 0 Å². The fourth-order valence-electron chi connectivity index (χ4n) is 2.34. The number of hydrogen-bond donors (Lipinski definition) is 1. The van der Waals surface area contributed by atoms with Crippen molar-refractivity contribution in [3.8, 4) is 11.5 Å². The minimum atomic E-state index is -0.504. The van der Waals surface area contributed by atoms with Gasteiger partial charge in [-0.3, -0.25) is 4.79 Å². The first-order valence-corrected chi connectivity index (χ1v) is 7.40. The Morgan fingerprint density at radius 3 is 2.95 bits per heavy atom. The molecule has 0 bridgehead atoms. The molecule has 2 atom stereocenters. The van der Waals surface area contributed by atoms with Crippen LogP contribution < -0.4 is 4.74 Å². The van der Waals surface area contributed by atoms with Gasteiger partial charge in [0.1, 0.15) is 0 Å². The topological polar surface area (TPSA) is 65.0 Å². The fourth-order valence-corrected chi connectivity index (χ4v) is 2.34. The molecular formula is C16H22O5. The van der Waals surface area contributed by atoms with Crippen molar-refractivity contribution in [2.45, 2.75) is 45.3 Å². The van der Waals surface area contributed by atoms with Gasteiger partial charge in [0.2, 0.25) is 0 Å². The molecule has 1 heterocycles. The van der Waals surface area contributed by atoms with Crippen LogP contribution >= 0.6 is 0 Å². The first kappa shape index (κ1) is 15.6. The molecule has 1 aromatic carbocycles. The van der Waals surface area contributed by atoms with E-state index in [4.69, 9.17) is 14.2 Å². The summed E-state index contributed by atoms with van der Waals surface area (Å²) in [6.45, 7) is 4.48. The zero-order chi connectivity index (χ0) is 15.2. The zero-order valence-electron chi connectivity index (χ0n) is 12.5. The number of esters is 1. The van der Waals surface area contributed by atoms with E-state index in [2.05, 4.69) is 0 Å². The lowest BCUT2D eigenvalue weighted by Gasteiger charge is -2.26. The second kappa shape index (κ2) is 7.31. The first-order chi connectivity index (χ1) is 10.1. The highest BCUT2D eigenvalue weighted by atomic mass is 16.7. The number of carbonyl (C=O) groups excluding carboxylic acids is 1. The van der Waals surface area contributed by atoms with Crippen LogP contribution in [0.25, 0.3) is 0 Å². The standard InChI is InChI=1S/C16H22O5/c1-3-19-16(18)11(2)12-7-6-8-13(17)15(12)21-14-9-4-5-10-20-14/h6-8,11,14,17H,3-5,9-10H2,1-2H3/t11-,14-/m0/s1. The summed E-state index contributed by atoms with van der Waals surface area (Å²) in [6, 6.07) is 4.99. The van der Waals surface area contributed by atoms with Crippen molar-refractivity contribution in [2.24, 2.45) is 0 Å². The molecule has 5 heteroatoms. The van der Waals surface area contributed by atoms with Crippen LogP contribution in [-0.4, -0.2) is 30.6 Å². The normalized spacial score (nSPS) is 19.8. The molecule has 116 valence electrons. The Labute approximate surface area is 124 Å². The Morgan fingerprint density at radius 1 is 1.48 bits per heavy atom. The molecule has 1 saturated heterocycles. The van der Waals surface area contributed by atoms with E-state index in [-0.39, 0.29) is 18.0 Å². The average Bonchev–Trinajstić information content (AvgIpc) is 2.50. The number of phenolic OH excluding ortho intramolecular Hbond substituents is 1. The highest BCUT2D eigenvalue weighted by molar-refractivity contribution is 5.79. The van der Waals surface area contributed by atoms with Crippen molar-refractivity contribution < 1.29 is 24.1 Å². The van der Waals surface area contributed by atoms with E-state index >= 15 is 0 Å². The molecule has 1 aliphatic heterocycles. The third kappa shape index (κ3) is 3.88. The van der Waals surface area contributed by atoms with E-state index in [1.165, 1.54) is 0 Å². The van der Waals surface area contributed by atoms with Gasteiger partial charge in [-0.05, 0) is 32.8 Å². The van der Waals surface area contributed by atoms with E-state index in [9.17, 15) is 9.90 Å². The summed E-state index contributed by atoms with van der Waals surface area (Å²) in [4.78, 5) is 11.9. The maximum absolute atomic E-state index is 11.9. The summed E-state index contributed by atoms with van der Waals surface area (Å²) in [5.74, 6) is -0.518. The monoisotopic (exact) mass is 294 g/mol. The first-order valence-electron chi connectivity index (χ1n) is 7.40. The summed E-state index contributed by atoms with van der Waals surface area (Å²) >= 11 is 0. The molecule has 1 aliphatic rings. The third-order valence-electron chi connectivity index (χ3n) is 3.52. The predicted octanol–water partition coefficient (Wildman–Crippen LogP) is 2.96. The van der Waals surface area contributed by atoms with Gasteiger partial charge in [-0.25, -0.2) is 0 Å². The second-order valence-electron chi connectivity index (χ2n) is 5.08. The highest BCUT2D eigenvalue weighted by Gasteiger charge is 2.25. The van der Waals surface area contributed by atoms with Gasteiger partial charge in [-0.15, -0.1) is 0 Å². The number of aromatic hydroxyl groups is 1. The molecule has 0 amide bonds. The Morgan fingerprint density at radius 2 is 2.29 bits per heavy atom. The molecule has 1 fully saturated rings. The third-order valence-corrected chi connectivity index (χ3v) is 3.52. The van der Waals surface area contributed by atoms with Crippen LogP contribution in [0.1, 0.15) is 44.6 Å². The quantitative estimate of drug-likeness (QED) is 0.846. The molecular weight excluding hydrogens is 272 g/mol. The van der Waals surface area contributed by atoms with Gasteiger partial charge in [0.15, 0.2) is 17.8 Å². The number of carbonyl (C=O) groups is 1. The van der Waals surface area contributed by atoms with Crippen molar-refractivity contribution in [2.75, 3.05) is 13.2 Å². The fraction of sp³-hybridized carbons (Fsp3) is 0.562. The van der Waals surface area contributed by atoms with Gasteiger partial charge < -0.3 is 19.3 Å². The maximum Gasteiger partial charge on any atom is 0.313 e. The Bertz CT molecular complexity index is 480. The molecule has 2 rings (SSSR count). The Kier molecular flexibility index (Phi) is 5.44. The van der Waals surface area contributed by atoms with Crippen molar-refractivity contribution in [1.82, 2.24) is 0 Å². The Balaban J connectivity index is 2.20. The van der Waals surface area contributed by atoms with E-state index < -0.39 is 5.92 Å². The summed E-state index contributed by atoms with van der Waals surface area (Å²) in [6.07, 6.45) is 2.45. The number of phenols is 1. The molecule has 1 N–H and O–H groups in total. The SMILES string of the molecule is CCOC(=O)[C@@H](C)c1cccc(O)c1O[C@H]1CCCCO1. The lowest BCUT2D eigenvalue weighted by molar-refractivity contribution is -0.144. The molecule has 0 unspecified atom stereocenters. The number of para-hydroxylation sites is 1. The van der Waals surface area contributed by atoms with Crippen LogP contribution in [0.3, 0.4) is 0 Å². The molecule has 1 aromatic rings. The van der Waals surface area contributed by atoms with Crippen LogP contribution in [0.2, 0.25) is 0 Å². The molecule has 0 spiro atoms. The Hall–Kier alpha value is -1.75. The summed E-state index contributed by atoms with van der Waals surface area (Å²) in [5, 5.41) is 10.0. The molecule has 0 aliphatic carbocycles. The smallest absolute Gasteiger partial charge is 0.313 e. The van der Waals surface area contributed by atoms with Gasteiger partial charge >= 0.3 is 5.97 Å². The molecule has 0 saturated carbocycles. The van der Waals surface area contributed by atoms with Crippen molar-refractivity contribution >= 4 is 5.97 Å². The number of rotatable bonds is 5. The second-order valence-corrected chi connectivity index (χ2v) is 5.08. The number of ether oxygens (including phenoxy) is 3. The van der Waals surface area contributed by atoms with Gasteiger partial charge in [0.05, 0.1) is 19.1 Å². The molecule has 21 heavy (non-hydrogen) atoms. The van der Waals surface area contributed by atoms with E-state index in [1.54, 1.807) is 32.0 Å². The molecule has 5 nitrogen and oxygen atoms in total. The minimum absolute atomic E-state index is 0.0119. The number of benzene rings is 1. The average molecular weight is 294 g/mol. The van der Waals surface area contributed by atoms with Crippen LogP contribution in [-0.2, 0) is 14.3 Å². The largest absolute Gasteiger partial charge is 0.504 e. The van der Waals surface area contributed by atoms with E-state index in [0.29, 0.717) is 24.5 Å². The van der Waals surface area contributed by atoms with Crippen LogP contribution in [0.5, 0.6) is 11.5 Å². The van der Waals surface area contributed by atoms with Gasteiger partial charge in [0, 0.05) is 12.0 Å². The zero-order valence-corrected chi connectivity index (χ0v) is 12.5. The van der Waals surface area contributed by atoms with Crippen LogP contribution in [0.4, 0.5) is 0 Å². The van der Waals surface area contributed by atoms with Gasteiger partial charge in [-0.2, -0.15) is 0 Å². The van der Waals surface area contributed by atoms with E-state index in [0.717, 1.165) is 19.3 Å². The summed E-state index contributed by atoms with van der Waals surface area (Å²) in [7, 11) is 0. The molecule has 0 aromatic heterocycles. The van der Waals surface area contributed by atoms with Crippen LogP contribution in [0, 0.1) is 0 Å². The summed E-state index contributed by atoms with van der Waals surface area (Å²) < 4.78 is 16.4. The minimum Gasteiger partial charge on any atom is -0.504 e. The lowest BCUT2D eigenvalue weighted by atomic mass is 9.99. The van der Waals surface area contributed by atoms with Crippen LogP contribution in [0.15, 0.2) is 18.2 Å². The highest BCUT2D eigenvalue weighted by Crippen LogP contribution is 2.37. The van der Waals surface area contributed by atoms with Gasteiger partial charge in [0.25, 0.3) is 0 Å². The maximum atomic E-state index is 11.9. The molecule has 0 radical (unpaired) electrons.